The number of ether oxygens (including phenoxy) is 1. The zero-order valence-corrected chi connectivity index (χ0v) is 13.7. The first-order chi connectivity index (χ1) is 12.2. The Labute approximate surface area is 144 Å². The highest BCUT2D eigenvalue weighted by Crippen LogP contribution is 2.17. The first-order valence-electron chi connectivity index (χ1n) is 7.74. The van der Waals surface area contributed by atoms with E-state index in [-0.39, 0.29) is 18.0 Å². The summed E-state index contributed by atoms with van der Waals surface area (Å²) in [6.07, 6.45) is 0.0927. The molecule has 0 bridgehead atoms. The van der Waals surface area contributed by atoms with Crippen molar-refractivity contribution < 1.29 is 14.3 Å². The van der Waals surface area contributed by atoms with Gasteiger partial charge in [0, 0.05) is 10.9 Å². The fourth-order valence-electron chi connectivity index (χ4n) is 2.45. The predicted molar refractivity (Wildman–Crippen MR) is 94.0 cm³/mol. The summed E-state index contributed by atoms with van der Waals surface area (Å²) < 4.78 is 5.20. The van der Waals surface area contributed by atoms with Gasteiger partial charge in [0.2, 0.25) is 5.91 Å². The molecule has 2 aromatic carbocycles. The van der Waals surface area contributed by atoms with E-state index in [1.54, 1.807) is 25.3 Å². The molecule has 0 aliphatic rings. The van der Waals surface area contributed by atoms with Gasteiger partial charge in [0.1, 0.15) is 11.4 Å². The van der Waals surface area contributed by atoms with Gasteiger partial charge >= 0.3 is 0 Å². The number of pyridine rings is 1. The Morgan fingerprint density at radius 3 is 2.56 bits per heavy atom. The van der Waals surface area contributed by atoms with Crippen LogP contribution in [-0.2, 0) is 11.2 Å². The molecule has 3 aromatic rings. The second-order valence-electron chi connectivity index (χ2n) is 5.38. The van der Waals surface area contributed by atoms with E-state index in [1.165, 1.54) is 0 Å². The van der Waals surface area contributed by atoms with Crippen LogP contribution >= 0.6 is 0 Å². The normalized spacial score (nSPS) is 10.3. The summed E-state index contributed by atoms with van der Waals surface area (Å²) in [5.41, 5.74) is 6.46. The molecule has 25 heavy (non-hydrogen) atoms. The molecular formula is C19H17N3O3. The van der Waals surface area contributed by atoms with Crippen LogP contribution in [0.2, 0.25) is 0 Å². The number of para-hydroxylation sites is 2. The fraction of sp³-hybridized carbons (Fsp3) is 0.105. The van der Waals surface area contributed by atoms with E-state index in [2.05, 4.69) is 15.8 Å². The van der Waals surface area contributed by atoms with Gasteiger partial charge in [0.15, 0.2) is 0 Å². The van der Waals surface area contributed by atoms with E-state index >= 15 is 0 Å². The highest BCUT2D eigenvalue weighted by Gasteiger charge is 2.11. The topological polar surface area (TPSA) is 80.3 Å². The largest absolute Gasteiger partial charge is 0.496 e. The fourth-order valence-corrected chi connectivity index (χ4v) is 2.45. The first kappa shape index (κ1) is 16.4. The maximum atomic E-state index is 12.2. The number of carbonyl (C=O) groups excluding carboxylic acids is 2. The number of aromatic nitrogens is 1. The minimum Gasteiger partial charge on any atom is -0.496 e. The Bertz CT molecular complexity index is 924. The molecule has 6 heteroatoms. The minimum atomic E-state index is -0.473. The molecule has 0 saturated carbocycles. The van der Waals surface area contributed by atoms with Crippen LogP contribution in [0.5, 0.6) is 5.75 Å². The quantitative estimate of drug-likeness (QED) is 0.717. The summed E-state index contributed by atoms with van der Waals surface area (Å²) in [5, 5.41) is 0.944. The highest BCUT2D eigenvalue weighted by atomic mass is 16.5. The van der Waals surface area contributed by atoms with Crippen LogP contribution in [-0.4, -0.2) is 23.9 Å². The van der Waals surface area contributed by atoms with Crippen LogP contribution in [0.25, 0.3) is 10.9 Å². The number of nitrogens with one attached hydrogen (secondary N) is 2. The highest BCUT2D eigenvalue weighted by molar-refractivity contribution is 5.96. The van der Waals surface area contributed by atoms with Crippen LogP contribution in [0.4, 0.5) is 0 Å². The van der Waals surface area contributed by atoms with Crippen molar-refractivity contribution in [2.75, 3.05) is 7.11 Å². The molecule has 3 rings (SSSR count). The molecule has 2 N–H and O–H groups in total. The monoisotopic (exact) mass is 335 g/mol. The molecule has 0 saturated heterocycles. The standard InChI is InChI=1S/C19H17N3O3/c1-25-17-9-5-3-7-14(17)12-18(23)21-22-19(24)16-11-10-13-6-2-4-8-15(13)20-16/h2-11H,12H2,1H3,(H,21,23)(H,22,24). The van der Waals surface area contributed by atoms with Gasteiger partial charge in [-0.15, -0.1) is 0 Å². The molecule has 0 aliphatic heterocycles. The number of amides is 2. The van der Waals surface area contributed by atoms with Crippen LogP contribution in [0.15, 0.2) is 60.7 Å². The Morgan fingerprint density at radius 1 is 0.960 bits per heavy atom. The summed E-state index contributed by atoms with van der Waals surface area (Å²) in [6, 6.07) is 18.2. The van der Waals surface area contributed by atoms with Crippen molar-refractivity contribution in [3.8, 4) is 5.75 Å². The van der Waals surface area contributed by atoms with Gasteiger partial charge in [0.05, 0.1) is 19.0 Å². The van der Waals surface area contributed by atoms with Crippen molar-refractivity contribution in [2.45, 2.75) is 6.42 Å². The molecule has 2 amide bonds. The third kappa shape index (κ3) is 3.92. The van der Waals surface area contributed by atoms with Crippen LogP contribution in [0, 0.1) is 0 Å². The van der Waals surface area contributed by atoms with E-state index in [4.69, 9.17) is 4.74 Å². The molecule has 0 radical (unpaired) electrons. The zero-order chi connectivity index (χ0) is 17.6. The van der Waals surface area contributed by atoms with Gasteiger partial charge in [-0.2, -0.15) is 0 Å². The lowest BCUT2D eigenvalue weighted by atomic mass is 10.1. The van der Waals surface area contributed by atoms with Crippen molar-refractivity contribution in [3.05, 3.63) is 71.9 Å². The van der Waals surface area contributed by atoms with Crippen LogP contribution < -0.4 is 15.6 Å². The number of nitrogens with zero attached hydrogens (tertiary/aromatic N) is 1. The second-order valence-corrected chi connectivity index (χ2v) is 5.38. The average Bonchev–Trinajstić information content (AvgIpc) is 2.66. The van der Waals surface area contributed by atoms with E-state index < -0.39 is 5.91 Å². The number of hydrazine groups is 1. The smallest absolute Gasteiger partial charge is 0.288 e. The molecule has 1 aromatic heterocycles. The van der Waals surface area contributed by atoms with E-state index in [1.807, 2.05) is 42.5 Å². The molecule has 126 valence electrons. The number of rotatable bonds is 4. The van der Waals surface area contributed by atoms with Crippen molar-refractivity contribution in [3.63, 3.8) is 0 Å². The van der Waals surface area contributed by atoms with Gasteiger partial charge < -0.3 is 4.74 Å². The molecule has 1 heterocycles. The maximum absolute atomic E-state index is 12.2. The molecule has 0 fully saturated rings. The van der Waals surface area contributed by atoms with Gasteiger partial charge in [-0.25, -0.2) is 4.98 Å². The number of hydrogen-bond acceptors (Lipinski definition) is 4. The van der Waals surface area contributed by atoms with Gasteiger partial charge in [-0.05, 0) is 18.2 Å². The Hall–Kier alpha value is -3.41. The number of methoxy groups -OCH3 is 1. The summed E-state index contributed by atoms with van der Waals surface area (Å²) in [7, 11) is 1.55. The van der Waals surface area contributed by atoms with Crippen molar-refractivity contribution in [2.24, 2.45) is 0 Å². The Morgan fingerprint density at radius 2 is 1.72 bits per heavy atom. The summed E-state index contributed by atoms with van der Waals surface area (Å²) in [5.74, 6) is -0.196. The van der Waals surface area contributed by atoms with Crippen LogP contribution in [0.1, 0.15) is 16.1 Å². The Balaban J connectivity index is 1.62. The summed E-state index contributed by atoms with van der Waals surface area (Å²) in [4.78, 5) is 28.5. The first-order valence-corrected chi connectivity index (χ1v) is 7.74. The maximum Gasteiger partial charge on any atom is 0.288 e. The van der Waals surface area contributed by atoms with Gasteiger partial charge in [0.25, 0.3) is 5.91 Å². The lowest BCUT2D eigenvalue weighted by Gasteiger charge is -2.10. The molecule has 0 atom stereocenters. The lowest BCUT2D eigenvalue weighted by molar-refractivity contribution is -0.121. The van der Waals surface area contributed by atoms with Gasteiger partial charge in [-0.3, -0.25) is 20.4 Å². The van der Waals surface area contributed by atoms with E-state index in [0.717, 1.165) is 16.5 Å². The molecule has 0 aliphatic carbocycles. The number of benzene rings is 2. The van der Waals surface area contributed by atoms with Crippen molar-refractivity contribution in [1.82, 2.24) is 15.8 Å². The third-order valence-electron chi connectivity index (χ3n) is 3.69. The molecule has 0 spiro atoms. The number of carbonyl (C=O) groups is 2. The SMILES string of the molecule is COc1ccccc1CC(=O)NNC(=O)c1ccc2ccccc2n1. The van der Waals surface area contributed by atoms with Crippen molar-refractivity contribution >= 4 is 22.7 Å². The zero-order valence-electron chi connectivity index (χ0n) is 13.7. The second kappa shape index (κ2) is 7.44. The Kier molecular flexibility index (Phi) is 4.89. The molecule has 6 nitrogen and oxygen atoms in total. The molecule has 0 unspecified atom stereocenters. The average molecular weight is 335 g/mol. The van der Waals surface area contributed by atoms with E-state index in [0.29, 0.717) is 5.75 Å². The predicted octanol–water partition coefficient (Wildman–Crippen LogP) is 2.25. The third-order valence-corrected chi connectivity index (χ3v) is 3.69. The number of fused-ring (bicyclic) bond motifs is 1. The van der Waals surface area contributed by atoms with E-state index in [9.17, 15) is 9.59 Å². The van der Waals surface area contributed by atoms with Crippen molar-refractivity contribution in [1.29, 1.82) is 0 Å². The van der Waals surface area contributed by atoms with Gasteiger partial charge in [-0.1, -0.05) is 42.5 Å². The lowest BCUT2D eigenvalue weighted by Crippen LogP contribution is -2.42. The molecular weight excluding hydrogens is 318 g/mol. The van der Waals surface area contributed by atoms with Crippen LogP contribution in [0.3, 0.4) is 0 Å². The number of hydrogen-bond donors (Lipinski definition) is 2. The summed E-state index contributed by atoms with van der Waals surface area (Å²) in [6.45, 7) is 0. The minimum absolute atomic E-state index is 0.0927. The summed E-state index contributed by atoms with van der Waals surface area (Å²) >= 11 is 0.